The van der Waals surface area contributed by atoms with Crippen LogP contribution in [0.25, 0.3) is 0 Å². The maximum atomic E-state index is 13.5. The molecule has 1 rings (SSSR count). The zero-order valence-electron chi connectivity index (χ0n) is 39.3. The van der Waals surface area contributed by atoms with Crippen LogP contribution in [0.3, 0.4) is 0 Å². The minimum Gasteiger partial charge on any atom is -0.462 e. The first-order valence-electron chi connectivity index (χ1n) is 21.6. The maximum absolute atomic E-state index is 13.5. The van der Waals surface area contributed by atoms with Crippen LogP contribution in [-0.4, -0.2) is 36.9 Å². The normalized spacial score (nSPS) is 14.2. The van der Waals surface area contributed by atoms with Gasteiger partial charge in [0.25, 0.3) is 0 Å². The summed E-state index contributed by atoms with van der Waals surface area (Å²) in [5.41, 5.74) is 0.620. The number of allylic oxidation sites excluding steroid dienone is 6. The van der Waals surface area contributed by atoms with Crippen LogP contribution >= 0.6 is 0 Å². The fraction of sp³-hybridized carbons (Fsp3) is 0.680. The molecular weight excluding hydrogens is 725 g/mol. The molecule has 0 aliphatic heterocycles. The molecule has 0 spiro atoms. The van der Waals surface area contributed by atoms with Gasteiger partial charge in [-0.15, -0.1) is 0 Å². The van der Waals surface area contributed by atoms with Gasteiger partial charge >= 0.3 is 11.9 Å². The van der Waals surface area contributed by atoms with Gasteiger partial charge in [0.2, 0.25) is 11.8 Å². The van der Waals surface area contributed by atoms with Crippen LogP contribution < -0.4 is 15.4 Å². The average Bonchev–Trinajstić information content (AvgIpc) is 3.07. The summed E-state index contributed by atoms with van der Waals surface area (Å²) >= 11 is 0. The Labute approximate surface area is 353 Å². The molecule has 0 radical (unpaired) electrons. The Bertz CT molecular complexity index is 1560. The number of anilines is 1. The SMILES string of the molecule is CCC(C)(C=CCC(C)(C)C)CCC(=O)Nc1ccc(OC(=O)CCC(C)(C)C=CCC(C)(C)C)c(C(=O)OCCCNC(=O)CCC(C)(C)C=CCC(C)(C)C)c1. The van der Waals surface area contributed by atoms with Crippen molar-refractivity contribution in [1.82, 2.24) is 5.32 Å². The minimum absolute atomic E-state index is 0.0461. The molecule has 0 heterocycles. The molecular formula is C50H82N2O6. The van der Waals surface area contributed by atoms with E-state index in [0.29, 0.717) is 44.3 Å². The van der Waals surface area contributed by atoms with Crippen LogP contribution in [0.4, 0.5) is 5.69 Å². The number of ether oxygens (including phenoxy) is 2. The highest BCUT2D eigenvalue weighted by Gasteiger charge is 2.24. The Balaban J connectivity index is 2.99. The molecule has 1 atom stereocenters. The number of carbonyl (C=O) groups excluding carboxylic acids is 4. The predicted octanol–water partition coefficient (Wildman–Crippen LogP) is 13.0. The topological polar surface area (TPSA) is 111 Å². The van der Waals surface area contributed by atoms with Crippen molar-refractivity contribution in [1.29, 1.82) is 0 Å². The van der Waals surface area contributed by atoms with Crippen LogP contribution in [0.5, 0.6) is 5.75 Å². The number of hydrogen-bond donors (Lipinski definition) is 2. The first-order valence-corrected chi connectivity index (χ1v) is 21.6. The van der Waals surface area contributed by atoms with E-state index in [-0.39, 0.29) is 68.6 Å². The first kappa shape index (κ1) is 52.3. The molecule has 0 saturated carbocycles. The highest BCUT2D eigenvalue weighted by Crippen LogP contribution is 2.33. The van der Waals surface area contributed by atoms with Gasteiger partial charge in [0, 0.05) is 31.5 Å². The van der Waals surface area contributed by atoms with Gasteiger partial charge in [-0.1, -0.05) is 140 Å². The molecule has 0 saturated heterocycles. The van der Waals surface area contributed by atoms with Gasteiger partial charge in [-0.2, -0.15) is 0 Å². The van der Waals surface area contributed by atoms with Gasteiger partial charge in [-0.25, -0.2) is 4.79 Å². The van der Waals surface area contributed by atoms with E-state index in [1.807, 2.05) is 0 Å². The number of amides is 2. The third kappa shape index (κ3) is 24.9. The summed E-state index contributed by atoms with van der Waals surface area (Å²) in [7, 11) is 0. The number of rotatable bonds is 23. The van der Waals surface area contributed by atoms with Gasteiger partial charge in [-0.3, -0.25) is 14.4 Å². The summed E-state index contributed by atoms with van der Waals surface area (Å²) < 4.78 is 11.4. The van der Waals surface area contributed by atoms with E-state index >= 15 is 0 Å². The Morgan fingerprint density at radius 2 is 1.14 bits per heavy atom. The lowest BCUT2D eigenvalue weighted by Gasteiger charge is -2.25. The zero-order valence-corrected chi connectivity index (χ0v) is 39.3. The monoisotopic (exact) mass is 807 g/mol. The molecule has 58 heavy (non-hydrogen) atoms. The lowest BCUT2D eigenvalue weighted by Crippen LogP contribution is -2.26. The minimum atomic E-state index is -0.679. The second kappa shape index (κ2) is 23.2. The highest BCUT2D eigenvalue weighted by molar-refractivity contribution is 5.97. The van der Waals surface area contributed by atoms with E-state index in [4.69, 9.17) is 9.47 Å². The van der Waals surface area contributed by atoms with Crippen LogP contribution in [0.2, 0.25) is 0 Å². The quantitative estimate of drug-likeness (QED) is 0.0493. The molecule has 1 aromatic rings. The molecule has 1 unspecified atom stereocenters. The fourth-order valence-corrected chi connectivity index (χ4v) is 5.85. The Morgan fingerprint density at radius 3 is 1.66 bits per heavy atom. The molecule has 0 fully saturated rings. The largest absolute Gasteiger partial charge is 0.462 e. The van der Waals surface area contributed by atoms with E-state index in [1.165, 1.54) is 12.1 Å². The molecule has 0 aliphatic carbocycles. The fourth-order valence-electron chi connectivity index (χ4n) is 5.85. The predicted molar refractivity (Wildman–Crippen MR) is 242 cm³/mol. The molecule has 0 aromatic heterocycles. The van der Waals surface area contributed by atoms with Gasteiger partial charge in [0.1, 0.15) is 11.3 Å². The van der Waals surface area contributed by atoms with E-state index in [1.54, 1.807) is 6.07 Å². The Morgan fingerprint density at radius 1 is 0.638 bits per heavy atom. The van der Waals surface area contributed by atoms with Gasteiger partial charge < -0.3 is 20.1 Å². The standard InChI is InChI=1S/C50H82N2O6/c1-16-50(15,31-19-28-47(8,9)10)34-24-42(54)52-38-21-22-40(58-43(55)25-33-49(13,14)30-18-27-46(5,6)7)39(37-38)44(56)57-36-20-35-51-41(53)23-32-48(11,12)29-17-26-45(2,3)4/h17-19,21-22,29-31,37H,16,20,23-28,32-36H2,1-15H3,(H,51,53)(H,52,54). The van der Waals surface area contributed by atoms with Crippen molar-refractivity contribution in [2.75, 3.05) is 18.5 Å². The second-order valence-corrected chi connectivity index (χ2v) is 21.6. The molecule has 0 aliphatic rings. The van der Waals surface area contributed by atoms with Crippen molar-refractivity contribution >= 4 is 29.4 Å². The van der Waals surface area contributed by atoms with Gasteiger partial charge in [0.15, 0.2) is 0 Å². The first-order chi connectivity index (χ1) is 26.5. The van der Waals surface area contributed by atoms with Crippen molar-refractivity contribution in [2.45, 2.75) is 174 Å². The summed E-state index contributed by atoms with van der Waals surface area (Å²) in [6.45, 7) is 32.9. The maximum Gasteiger partial charge on any atom is 0.342 e. The summed E-state index contributed by atoms with van der Waals surface area (Å²) in [4.78, 5) is 52.4. The van der Waals surface area contributed by atoms with Crippen LogP contribution in [0, 0.1) is 32.5 Å². The van der Waals surface area contributed by atoms with E-state index < -0.39 is 11.9 Å². The van der Waals surface area contributed by atoms with Crippen molar-refractivity contribution in [3.05, 3.63) is 60.2 Å². The molecule has 328 valence electrons. The third-order valence-corrected chi connectivity index (χ3v) is 10.1. The third-order valence-electron chi connectivity index (χ3n) is 10.1. The molecule has 2 N–H and O–H groups in total. The van der Waals surface area contributed by atoms with Crippen LogP contribution in [0.15, 0.2) is 54.7 Å². The summed E-state index contributed by atoms with van der Waals surface area (Å²) in [5, 5.41) is 5.86. The number of hydrogen-bond acceptors (Lipinski definition) is 6. The molecule has 0 bridgehead atoms. The van der Waals surface area contributed by atoms with Gasteiger partial charge in [0.05, 0.1) is 6.61 Å². The van der Waals surface area contributed by atoms with Crippen molar-refractivity contribution in [2.24, 2.45) is 32.5 Å². The summed E-state index contributed by atoms with van der Waals surface area (Å²) in [5.74, 6) is -1.28. The van der Waals surface area contributed by atoms with Crippen molar-refractivity contribution in [3.8, 4) is 5.75 Å². The van der Waals surface area contributed by atoms with Gasteiger partial charge in [-0.05, 0) is 102 Å². The zero-order chi connectivity index (χ0) is 44.4. The number of esters is 2. The summed E-state index contributed by atoms with van der Waals surface area (Å²) in [6, 6.07) is 4.67. The van der Waals surface area contributed by atoms with E-state index in [2.05, 4.69) is 151 Å². The highest BCUT2D eigenvalue weighted by atomic mass is 16.5. The lowest BCUT2D eigenvalue weighted by molar-refractivity contribution is -0.135. The van der Waals surface area contributed by atoms with Crippen molar-refractivity contribution < 1.29 is 28.7 Å². The number of carbonyl (C=O) groups is 4. The molecule has 2 amide bonds. The molecule has 1 aromatic carbocycles. The summed E-state index contributed by atoms with van der Waals surface area (Å²) in [6.07, 6.45) is 20.2. The van der Waals surface area contributed by atoms with Crippen molar-refractivity contribution in [3.63, 3.8) is 0 Å². The lowest BCUT2D eigenvalue weighted by atomic mass is 9.81. The molecule has 8 nitrogen and oxygen atoms in total. The average molecular weight is 807 g/mol. The second-order valence-electron chi connectivity index (χ2n) is 21.6. The van der Waals surface area contributed by atoms with E-state index in [0.717, 1.165) is 32.1 Å². The smallest absolute Gasteiger partial charge is 0.342 e. The number of benzene rings is 1. The number of nitrogens with one attached hydrogen (secondary N) is 2. The van der Waals surface area contributed by atoms with Crippen LogP contribution in [0.1, 0.15) is 185 Å². The Kier molecular flexibility index (Phi) is 20.9. The Hall–Kier alpha value is -3.68. The van der Waals surface area contributed by atoms with E-state index in [9.17, 15) is 19.2 Å². The van der Waals surface area contributed by atoms with Crippen LogP contribution in [-0.2, 0) is 19.1 Å². The molecule has 8 heteroatoms.